The van der Waals surface area contributed by atoms with Gasteiger partial charge in [-0.15, -0.1) is 71.8 Å². The molecule has 179 valence electrons. The topological polar surface area (TPSA) is 30.7 Å². The van der Waals surface area contributed by atoms with Crippen molar-refractivity contribution in [1.29, 1.82) is 0 Å². The van der Waals surface area contributed by atoms with Crippen molar-refractivity contribution >= 4 is 10.9 Å². The Morgan fingerprint density at radius 3 is 2.03 bits per heavy atom. The van der Waals surface area contributed by atoms with Crippen LogP contribution in [0.3, 0.4) is 0 Å². The van der Waals surface area contributed by atoms with Crippen LogP contribution in [0.5, 0.6) is 0 Å². The van der Waals surface area contributed by atoms with E-state index in [0.717, 1.165) is 28.2 Å². The molecule has 0 aliphatic rings. The van der Waals surface area contributed by atoms with Gasteiger partial charge in [-0.05, 0) is 42.1 Å². The second kappa shape index (κ2) is 11.7. The molecule has 0 amide bonds. The van der Waals surface area contributed by atoms with E-state index in [9.17, 15) is 0 Å². The molecule has 0 N–H and O–H groups in total. The van der Waals surface area contributed by atoms with Crippen LogP contribution in [0, 0.1) is 26.0 Å². The number of nitrogens with zero attached hydrogens (tertiary/aromatic N) is 3. The first-order chi connectivity index (χ1) is 17.2. The van der Waals surface area contributed by atoms with E-state index in [1.54, 1.807) is 0 Å². The molecule has 0 bridgehead atoms. The average molecular weight is 644 g/mol. The fraction of sp³-hybridized carbons (Fsp3) is 0.0625. The van der Waals surface area contributed by atoms with Gasteiger partial charge in [0.25, 0.3) is 0 Å². The fourth-order valence-corrected chi connectivity index (χ4v) is 4.17. The Balaban J connectivity index is 0.000000167. The van der Waals surface area contributed by atoms with Gasteiger partial charge in [0.05, 0.1) is 11.3 Å². The first-order valence-corrected chi connectivity index (χ1v) is 11.6. The standard InChI is InChI=1S/C17H15N2.C15H10N.Ir/c1-13-7-6-8-14(2)16(13)19-12-11-18-17(19)15-9-4-3-5-10-15;1-2-6-12(7-3-1)15-11-10-13-8-4-5-9-14(13)16-15;/h3-9,11-12H,1-2H3;1-6,8-11H;/q2*-1;. The zero-order valence-electron chi connectivity index (χ0n) is 20.1. The van der Waals surface area contributed by atoms with E-state index in [1.807, 2.05) is 85.2 Å². The summed E-state index contributed by atoms with van der Waals surface area (Å²) in [6.45, 7) is 4.25. The van der Waals surface area contributed by atoms with Crippen molar-refractivity contribution in [1.82, 2.24) is 14.5 Å². The smallest absolute Gasteiger partial charge is 0.0602 e. The summed E-state index contributed by atoms with van der Waals surface area (Å²) < 4.78 is 2.14. The Bertz CT molecular complexity index is 1540. The average Bonchev–Trinajstić information content (AvgIpc) is 3.39. The Hall–Kier alpha value is -3.85. The van der Waals surface area contributed by atoms with Crippen LogP contribution in [0.2, 0.25) is 0 Å². The van der Waals surface area contributed by atoms with Gasteiger partial charge >= 0.3 is 0 Å². The van der Waals surface area contributed by atoms with E-state index in [-0.39, 0.29) is 20.1 Å². The van der Waals surface area contributed by atoms with Gasteiger partial charge in [0, 0.05) is 38.2 Å². The number of aryl methyl sites for hydroxylation is 2. The molecule has 0 saturated heterocycles. The molecule has 6 aromatic rings. The predicted molar refractivity (Wildman–Crippen MR) is 143 cm³/mol. The molecule has 4 aromatic carbocycles. The van der Waals surface area contributed by atoms with Crippen LogP contribution >= 0.6 is 0 Å². The van der Waals surface area contributed by atoms with Gasteiger partial charge in [-0.2, -0.15) is 0 Å². The number of pyridine rings is 1. The van der Waals surface area contributed by atoms with E-state index in [4.69, 9.17) is 0 Å². The number of hydrogen-bond acceptors (Lipinski definition) is 2. The van der Waals surface area contributed by atoms with E-state index in [0.29, 0.717) is 0 Å². The normalized spacial score (nSPS) is 10.3. The van der Waals surface area contributed by atoms with Gasteiger partial charge in [0.1, 0.15) is 0 Å². The maximum Gasteiger partial charge on any atom is 0.0602 e. The molecule has 0 saturated carbocycles. The minimum absolute atomic E-state index is 0. The van der Waals surface area contributed by atoms with Crippen molar-refractivity contribution in [3.8, 4) is 28.3 Å². The van der Waals surface area contributed by atoms with Crippen LogP contribution in [-0.4, -0.2) is 14.5 Å². The van der Waals surface area contributed by atoms with Crippen molar-refractivity contribution in [3.63, 3.8) is 0 Å². The maximum atomic E-state index is 4.61. The number of hydrogen-bond donors (Lipinski definition) is 0. The van der Waals surface area contributed by atoms with Crippen molar-refractivity contribution < 1.29 is 20.1 Å². The second-order valence-corrected chi connectivity index (χ2v) is 8.30. The molecule has 0 unspecified atom stereocenters. The van der Waals surface area contributed by atoms with E-state index in [1.165, 1.54) is 22.2 Å². The summed E-state index contributed by atoms with van der Waals surface area (Å²) in [6.07, 6.45) is 3.84. The quantitative estimate of drug-likeness (QED) is 0.186. The van der Waals surface area contributed by atoms with Crippen LogP contribution in [0.15, 0.2) is 116 Å². The number of fused-ring (bicyclic) bond motifs is 1. The second-order valence-electron chi connectivity index (χ2n) is 8.30. The van der Waals surface area contributed by atoms with Crippen LogP contribution in [0.25, 0.3) is 39.2 Å². The fourth-order valence-electron chi connectivity index (χ4n) is 4.17. The van der Waals surface area contributed by atoms with Crippen LogP contribution in [-0.2, 0) is 20.1 Å². The Kier molecular flexibility index (Phi) is 8.22. The summed E-state index contributed by atoms with van der Waals surface area (Å²) in [6, 6.07) is 40.8. The summed E-state index contributed by atoms with van der Waals surface area (Å²) in [5.41, 5.74) is 7.73. The molecule has 0 aliphatic heterocycles. The summed E-state index contributed by atoms with van der Waals surface area (Å²) in [5, 5.41) is 1.17. The molecule has 0 atom stereocenters. The first kappa shape index (κ1) is 25.2. The van der Waals surface area contributed by atoms with Gasteiger partial charge in [0.15, 0.2) is 0 Å². The third-order valence-electron chi connectivity index (χ3n) is 5.85. The first-order valence-electron chi connectivity index (χ1n) is 11.6. The summed E-state index contributed by atoms with van der Waals surface area (Å²) >= 11 is 0. The monoisotopic (exact) mass is 644 g/mol. The third kappa shape index (κ3) is 5.52. The molecule has 1 radical (unpaired) electrons. The summed E-state index contributed by atoms with van der Waals surface area (Å²) in [4.78, 5) is 9.09. The van der Waals surface area contributed by atoms with E-state index >= 15 is 0 Å². The minimum Gasteiger partial charge on any atom is -0.340 e. The summed E-state index contributed by atoms with van der Waals surface area (Å²) in [5.74, 6) is 0.929. The molecule has 0 aliphatic carbocycles. The predicted octanol–water partition coefficient (Wildman–Crippen LogP) is 7.66. The molecule has 0 fully saturated rings. The molecule has 4 heteroatoms. The van der Waals surface area contributed by atoms with Crippen molar-refractivity contribution in [2.75, 3.05) is 0 Å². The van der Waals surface area contributed by atoms with Gasteiger partial charge < -0.3 is 4.57 Å². The van der Waals surface area contributed by atoms with Gasteiger partial charge in [-0.3, -0.25) is 9.97 Å². The maximum absolute atomic E-state index is 4.61. The molecular weight excluding hydrogens is 619 g/mol. The minimum atomic E-state index is 0. The van der Waals surface area contributed by atoms with E-state index in [2.05, 4.69) is 70.8 Å². The largest absolute Gasteiger partial charge is 0.340 e. The molecule has 2 aromatic heterocycles. The van der Waals surface area contributed by atoms with Crippen molar-refractivity contribution in [3.05, 3.63) is 139 Å². The number of imidazole rings is 1. The molecule has 0 spiro atoms. The third-order valence-corrected chi connectivity index (χ3v) is 5.85. The Labute approximate surface area is 225 Å². The zero-order valence-corrected chi connectivity index (χ0v) is 22.5. The Morgan fingerprint density at radius 1 is 0.667 bits per heavy atom. The van der Waals surface area contributed by atoms with E-state index < -0.39 is 0 Å². The number of rotatable bonds is 3. The van der Waals surface area contributed by atoms with Crippen LogP contribution in [0.4, 0.5) is 0 Å². The molecule has 2 heterocycles. The SMILES string of the molecule is Cc1cccc(C)c1-n1ccnc1-c1[c-]cccc1.[Ir].[c-]1ccccc1-c1ccc2ccccc2n1. The summed E-state index contributed by atoms with van der Waals surface area (Å²) in [7, 11) is 0. The van der Waals surface area contributed by atoms with Crippen LogP contribution < -0.4 is 0 Å². The zero-order chi connectivity index (χ0) is 24.0. The van der Waals surface area contributed by atoms with Gasteiger partial charge in [0.2, 0.25) is 0 Å². The molecule has 36 heavy (non-hydrogen) atoms. The van der Waals surface area contributed by atoms with Crippen molar-refractivity contribution in [2.24, 2.45) is 0 Å². The Morgan fingerprint density at radius 2 is 1.33 bits per heavy atom. The molecule has 6 rings (SSSR count). The molecular formula is C32H25IrN3-2. The number of para-hydroxylation sites is 2. The molecule has 3 nitrogen and oxygen atoms in total. The number of aromatic nitrogens is 3. The van der Waals surface area contributed by atoms with Gasteiger partial charge in [-0.1, -0.05) is 48.5 Å². The van der Waals surface area contributed by atoms with Gasteiger partial charge in [-0.25, -0.2) is 0 Å². The van der Waals surface area contributed by atoms with Crippen molar-refractivity contribution in [2.45, 2.75) is 13.8 Å². The number of benzene rings is 4. The van der Waals surface area contributed by atoms with Crippen LogP contribution in [0.1, 0.15) is 11.1 Å².